The van der Waals surface area contributed by atoms with Gasteiger partial charge in [0, 0.05) is 19.0 Å². The zero-order valence-electron chi connectivity index (χ0n) is 16.7. The Morgan fingerprint density at radius 3 is 2.64 bits per heavy atom. The summed E-state index contributed by atoms with van der Waals surface area (Å²) < 4.78 is 15.2. The van der Waals surface area contributed by atoms with Crippen molar-refractivity contribution in [2.45, 2.75) is 39.5 Å². The van der Waals surface area contributed by atoms with Gasteiger partial charge < -0.3 is 10.2 Å². The molecule has 0 atom stereocenters. The lowest BCUT2D eigenvalue weighted by Crippen LogP contribution is -2.41. The van der Waals surface area contributed by atoms with Gasteiger partial charge in [0.15, 0.2) is 0 Å². The summed E-state index contributed by atoms with van der Waals surface area (Å²) >= 11 is 0. The molecule has 8 heteroatoms. The van der Waals surface area contributed by atoms with E-state index in [1.54, 1.807) is 16.8 Å². The van der Waals surface area contributed by atoms with E-state index < -0.39 is 0 Å². The first-order valence-electron chi connectivity index (χ1n) is 9.72. The highest BCUT2D eigenvalue weighted by Crippen LogP contribution is 2.21. The van der Waals surface area contributed by atoms with Gasteiger partial charge in [-0.3, -0.25) is 4.79 Å². The Morgan fingerprint density at radius 2 is 2.04 bits per heavy atom. The van der Waals surface area contributed by atoms with Crippen LogP contribution >= 0.6 is 12.4 Å². The molecule has 0 bridgehead atoms. The minimum atomic E-state index is -0.339. The molecule has 0 aliphatic carbocycles. The van der Waals surface area contributed by atoms with Crippen LogP contribution in [0, 0.1) is 11.7 Å². The number of likely N-dealkylation sites (tertiary alicyclic amines) is 1. The highest BCUT2D eigenvalue weighted by Gasteiger charge is 2.27. The van der Waals surface area contributed by atoms with Gasteiger partial charge in [0.1, 0.15) is 11.6 Å². The number of halogens is 2. The van der Waals surface area contributed by atoms with E-state index in [0.717, 1.165) is 39.0 Å². The molecular formula is C20H29ClFN5O. The van der Waals surface area contributed by atoms with Crippen LogP contribution in [0.5, 0.6) is 0 Å². The molecule has 1 aromatic carbocycles. The summed E-state index contributed by atoms with van der Waals surface area (Å²) in [6, 6.07) is 6.19. The second kappa shape index (κ2) is 9.98. The molecule has 2 heterocycles. The van der Waals surface area contributed by atoms with Crippen LogP contribution in [0.4, 0.5) is 4.39 Å². The van der Waals surface area contributed by atoms with Gasteiger partial charge in [-0.15, -0.1) is 17.5 Å². The van der Waals surface area contributed by atoms with Gasteiger partial charge in [-0.25, -0.2) is 14.1 Å². The maximum atomic E-state index is 13.6. The second-order valence-electron chi connectivity index (χ2n) is 7.38. The summed E-state index contributed by atoms with van der Waals surface area (Å²) in [6.07, 6.45) is 1.97. The number of amides is 1. The summed E-state index contributed by atoms with van der Waals surface area (Å²) in [7, 11) is 0. The first kappa shape index (κ1) is 22.3. The number of carbonyl (C=O) groups excluding carboxylic acids is 1. The molecule has 154 valence electrons. The number of benzene rings is 1. The van der Waals surface area contributed by atoms with Crippen molar-refractivity contribution in [2.24, 2.45) is 5.92 Å². The summed E-state index contributed by atoms with van der Waals surface area (Å²) in [6.45, 7) is 9.49. The van der Waals surface area contributed by atoms with Crippen LogP contribution in [-0.2, 0) is 0 Å². The van der Waals surface area contributed by atoms with Crippen LogP contribution in [0.15, 0.2) is 24.3 Å². The Kier molecular flexibility index (Phi) is 7.95. The normalized spacial score (nSPS) is 15.0. The van der Waals surface area contributed by atoms with Crippen molar-refractivity contribution in [3.63, 3.8) is 0 Å². The summed E-state index contributed by atoms with van der Waals surface area (Å²) in [5.41, 5.74) is 0.578. The highest BCUT2D eigenvalue weighted by molar-refractivity contribution is 5.90. The summed E-state index contributed by atoms with van der Waals surface area (Å²) in [4.78, 5) is 19.2. The van der Waals surface area contributed by atoms with Crippen LogP contribution < -0.4 is 5.32 Å². The minimum Gasteiger partial charge on any atom is -0.336 e. The lowest BCUT2D eigenvalue weighted by molar-refractivity contribution is 0.0678. The van der Waals surface area contributed by atoms with Gasteiger partial charge in [0.2, 0.25) is 5.82 Å². The number of aromatic nitrogens is 3. The lowest BCUT2D eigenvalue weighted by Gasteiger charge is -2.31. The van der Waals surface area contributed by atoms with Gasteiger partial charge >= 0.3 is 0 Å². The standard InChI is InChI=1S/C20H28FN5O.ClH/c1-4-22-13-15-8-10-25(11-9-15)20(27)18-23-19(14(2)3)26(24-18)17-7-5-6-16(21)12-17;/h5-7,12,14-15,22H,4,8-11,13H2,1-3H3;1H. The second-order valence-corrected chi connectivity index (χ2v) is 7.38. The third-order valence-electron chi connectivity index (χ3n) is 4.98. The molecule has 1 aromatic heterocycles. The van der Waals surface area contributed by atoms with E-state index in [0.29, 0.717) is 17.4 Å². The fraction of sp³-hybridized carbons (Fsp3) is 0.550. The third-order valence-corrected chi connectivity index (χ3v) is 4.98. The fourth-order valence-corrected chi connectivity index (χ4v) is 3.42. The molecule has 0 saturated carbocycles. The third kappa shape index (κ3) is 5.08. The SMILES string of the molecule is CCNCC1CCN(C(=O)c2nc(C(C)C)n(-c3cccc(F)c3)n2)CC1.Cl. The van der Waals surface area contributed by atoms with E-state index in [1.807, 2.05) is 18.7 Å². The van der Waals surface area contributed by atoms with Crippen molar-refractivity contribution in [3.05, 3.63) is 41.7 Å². The minimum absolute atomic E-state index is 0. The average molecular weight is 410 g/mol. The molecule has 1 amide bonds. The van der Waals surface area contributed by atoms with E-state index in [-0.39, 0.29) is 35.9 Å². The Balaban J connectivity index is 0.00000280. The zero-order chi connectivity index (χ0) is 19.4. The van der Waals surface area contributed by atoms with E-state index in [1.165, 1.54) is 12.1 Å². The van der Waals surface area contributed by atoms with Crippen molar-refractivity contribution in [2.75, 3.05) is 26.2 Å². The van der Waals surface area contributed by atoms with Gasteiger partial charge in [-0.2, -0.15) is 0 Å². The number of carbonyl (C=O) groups is 1. The quantitative estimate of drug-likeness (QED) is 0.794. The monoisotopic (exact) mass is 409 g/mol. The molecule has 1 aliphatic heterocycles. The largest absolute Gasteiger partial charge is 0.336 e. The van der Waals surface area contributed by atoms with Crippen molar-refractivity contribution in [1.29, 1.82) is 0 Å². The molecule has 2 aromatic rings. The highest BCUT2D eigenvalue weighted by atomic mass is 35.5. The predicted molar refractivity (Wildman–Crippen MR) is 110 cm³/mol. The van der Waals surface area contributed by atoms with Crippen LogP contribution in [-0.4, -0.2) is 51.8 Å². The molecule has 1 N–H and O–H groups in total. The van der Waals surface area contributed by atoms with E-state index in [4.69, 9.17) is 0 Å². The molecule has 3 rings (SSSR count). The summed E-state index contributed by atoms with van der Waals surface area (Å²) in [5.74, 6) is 1.03. The van der Waals surface area contributed by atoms with Gasteiger partial charge in [0.25, 0.3) is 5.91 Å². The van der Waals surface area contributed by atoms with Crippen LogP contribution in [0.1, 0.15) is 56.0 Å². The van der Waals surface area contributed by atoms with Gasteiger partial charge in [-0.1, -0.05) is 26.8 Å². The van der Waals surface area contributed by atoms with E-state index >= 15 is 0 Å². The molecule has 0 unspecified atom stereocenters. The Morgan fingerprint density at radius 1 is 1.32 bits per heavy atom. The Hall–Kier alpha value is -1.99. The number of nitrogens with one attached hydrogen (secondary N) is 1. The molecule has 28 heavy (non-hydrogen) atoms. The van der Waals surface area contributed by atoms with Crippen molar-refractivity contribution in [1.82, 2.24) is 25.0 Å². The predicted octanol–water partition coefficient (Wildman–Crippen LogP) is 3.41. The van der Waals surface area contributed by atoms with Crippen LogP contribution in [0.2, 0.25) is 0 Å². The van der Waals surface area contributed by atoms with E-state index in [2.05, 4.69) is 22.3 Å². The molecule has 1 saturated heterocycles. The van der Waals surface area contributed by atoms with Gasteiger partial charge in [0.05, 0.1) is 5.69 Å². The van der Waals surface area contributed by atoms with Crippen molar-refractivity contribution in [3.8, 4) is 5.69 Å². The number of rotatable bonds is 6. The van der Waals surface area contributed by atoms with Crippen LogP contribution in [0.25, 0.3) is 5.69 Å². The molecular weight excluding hydrogens is 381 g/mol. The van der Waals surface area contributed by atoms with E-state index in [9.17, 15) is 9.18 Å². The average Bonchev–Trinajstić information content (AvgIpc) is 3.12. The topological polar surface area (TPSA) is 63.1 Å². The molecule has 1 fully saturated rings. The number of piperidine rings is 1. The Labute approximate surface area is 171 Å². The van der Waals surface area contributed by atoms with Crippen molar-refractivity contribution < 1.29 is 9.18 Å². The first-order valence-corrected chi connectivity index (χ1v) is 9.72. The molecule has 1 aliphatic rings. The zero-order valence-corrected chi connectivity index (χ0v) is 17.5. The van der Waals surface area contributed by atoms with Gasteiger partial charge in [-0.05, 0) is 50.0 Å². The number of nitrogens with zero attached hydrogens (tertiary/aromatic N) is 4. The lowest BCUT2D eigenvalue weighted by atomic mass is 9.97. The smallest absolute Gasteiger partial charge is 0.293 e. The maximum Gasteiger partial charge on any atom is 0.293 e. The van der Waals surface area contributed by atoms with Crippen molar-refractivity contribution >= 4 is 18.3 Å². The Bertz CT molecular complexity index is 787. The molecule has 0 radical (unpaired) electrons. The fourth-order valence-electron chi connectivity index (χ4n) is 3.42. The number of hydrogen-bond acceptors (Lipinski definition) is 4. The molecule has 0 spiro atoms. The number of hydrogen-bond donors (Lipinski definition) is 1. The summed E-state index contributed by atoms with van der Waals surface area (Å²) in [5, 5.41) is 7.80. The molecule has 6 nitrogen and oxygen atoms in total. The maximum absolute atomic E-state index is 13.6. The first-order chi connectivity index (χ1) is 13.0. The van der Waals surface area contributed by atoms with Crippen LogP contribution in [0.3, 0.4) is 0 Å².